The second-order valence-electron chi connectivity index (χ2n) is 7.90. The lowest BCUT2D eigenvalue weighted by molar-refractivity contribution is -0.134. The van der Waals surface area contributed by atoms with Crippen molar-refractivity contribution in [3.05, 3.63) is 36.0 Å². The number of nitrogens with zero attached hydrogens (tertiary/aromatic N) is 2. The van der Waals surface area contributed by atoms with Crippen LogP contribution in [0.1, 0.15) is 44.1 Å². The van der Waals surface area contributed by atoms with Crippen LogP contribution < -0.4 is 0 Å². The first-order valence-electron chi connectivity index (χ1n) is 9.77. The zero-order chi connectivity index (χ0) is 17.2. The number of aromatic amines is 1. The van der Waals surface area contributed by atoms with Gasteiger partial charge in [-0.15, -0.1) is 0 Å². The fraction of sp³-hybridized carbons (Fsp3) is 0.571. The lowest BCUT2D eigenvalue weighted by atomic mass is 9.89. The minimum Gasteiger partial charge on any atom is -0.361 e. The topological polar surface area (TPSA) is 39.3 Å². The zero-order valence-corrected chi connectivity index (χ0v) is 15.2. The van der Waals surface area contributed by atoms with E-state index >= 15 is 0 Å². The van der Waals surface area contributed by atoms with Gasteiger partial charge in [0.2, 0.25) is 5.91 Å². The summed E-state index contributed by atoms with van der Waals surface area (Å²) in [6.45, 7) is 6.85. The van der Waals surface area contributed by atoms with Gasteiger partial charge in [0.25, 0.3) is 0 Å². The molecular formula is C21H29N3O. The molecular weight excluding hydrogens is 310 g/mol. The summed E-state index contributed by atoms with van der Waals surface area (Å²) in [7, 11) is 0. The number of carbonyl (C=O) groups excluding carboxylic acids is 1. The lowest BCUT2D eigenvalue weighted by Gasteiger charge is -2.35. The second kappa shape index (κ2) is 7.20. The molecule has 0 radical (unpaired) electrons. The summed E-state index contributed by atoms with van der Waals surface area (Å²) in [5.41, 5.74) is 2.68. The SMILES string of the molecule is CC1CCN(C(=O)CN2CCC(c3c[nH]c4ccccc34)CC2)CC1. The Morgan fingerprint density at radius 1 is 1.08 bits per heavy atom. The molecule has 4 rings (SSSR count). The number of carbonyl (C=O) groups is 1. The van der Waals surface area contributed by atoms with Gasteiger partial charge in [0.05, 0.1) is 6.54 Å². The molecule has 0 aliphatic carbocycles. The summed E-state index contributed by atoms with van der Waals surface area (Å²) in [5, 5.41) is 1.36. The monoisotopic (exact) mass is 339 g/mol. The predicted octanol–water partition coefficient (Wildman–Crippen LogP) is 3.61. The molecule has 1 aromatic carbocycles. The van der Waals surface area contributed by atoms with Crippen LogP contribution in [0.2, 0.25) is 0 Å². The molecule has 2 aromatic rings. The molecule has 2 saturated heterocycles. The van der Waals surface area contributed by atoms with Crippen molar-refractivity contribution in [1.82, 2.24) is 14.8 Å². The molecule has 4 nitrogen and oxygen atoms in total. The van der Waals surface area contributed by atoms with Gasteiger partial charge in [-0.25, -0.2) is 0 Å². The first kappa shape index (κ1) is 16.6. The van der Waals surface area contributed by atoms with Crippen LogP contribution in [0.25, 0.3) is 10.9 Å². The average molecular weight is 339 g/mol. The number of hydrogen-bond acceptors (Lipinski definition) is 2. The molecule has 2 fully saturated rings. The van der Waals surface area contributed by atoms with Crippen molar-refractivity contribution in [3.8, 4) is 0 Å². The first-order valence-corrected chi connectivity index (χ1v) is 9.77. The summed E-state index contributed by atoms with van der Waals surface area (Å²) in [4.78, 5) is 20.4. The number of piperidine rings is 2. The smallest absolute Gasteiger partial charge is 0.236 e. The van der Waals surface area contributed by atoms with Crippen LogP contribution in [0, 0.1) is 5.92 Å². The molecule has 1 amide bonds. The van der Waals surface area contributed by atoms with Crippen LogP contribution >= 0.6 is 0 Å². The maximum absolute atomic E-state index is 12.5. The van der Waals surface area contributed by atoms with Gasteiger partial charge in [0.1, 0.15) is 0 Å². The van der Waals surface area contributed by atoms with E-state index in [1.165, 1.54) is 16.5 Å². The summed E-state index contributed by atoms with van der Waals surface area (Å²) < 4.78 is 0. The molecule has 0 spiro atoms. The largest absolute Gasteiger partial charge is 0.361 e. The van der Waals surface area contributed by atoms with E-state index in [0.717, 1.165) is 57.8 Å². The standard InChI is InChI=1S/C21H29N3O/c1-16-6-12-24(13-7-16)21(25)15-23-10-8-17(9-11-23)19-14-22-20-5-3-2-4-18(19)20/h2-5,14,16-17,22H,6-13,15H2,1H3. The van der Waals surface area contributed by atoms with Gasteiger partial charge >= 0.3 is 0 Å². The van der Waals surface area contributed by atoms with E-state index in [1.807, 2.05) is 0 Å². The number of benzene rings is 1. The normalized spacial score (nSPS) is 21.1. The third-order valence-corrected chi connectivity index (χ3v) is 6.14. The van der Waals surface area contributed by atoms with E-state index in [2.05, 4.69) is 52.2 Å². The van der Waals surface area contributed by atoms with Crippen molar-refractivity contribution in [2.75, 3.05) is 32.7 Å². The number of likely N-dealkylation sites (tertiary alicyclic amines) is 2. The number of rotatable bonds is 3. The lowest BCUT2D eigenvalue weighted by Crippen LogP contribution is -2.45. The van der Waals surface area contributed by atoms with Crippen LogP contribution in [0.3, 0.4) is 0 Å². The van der Waals surface area contributed by atoms with Crippen molar-refractivity contribution in [1.29, 1.82) is 0 Å². The fourth-order valence-corrected chi connectivity index (χ4v) is 4.38. The number of amides is 1. The van der Waals surface area contributed by atoms with Crippen molar-refractivity contribution >= 4 is 16.8 Å². The van der Waals surface area contributed by atoms with Gasteiger partial charge in [-0.05, 0) is 62.2 Å². The highest BCUT2D eigenvalue weighted by molar-refractivity contribution is 5.83. The van der Waals surface area contributed by atoms with E-state index < -0.39 is 0 Å². The van der Waals surface area contributed by atoms with Gasteiger partial charge < -0.3 is 9.88 Å². The molecule has 1 aromatic heterocycles. The van der Waals surface area contributed by atoms with Gasteiger partial charge in [0.15, 0.2) is 0 Å². The molecule has 0 bridgehead atoms. The highest BCUT2D eigenvalue weighted by Gasteiger charge is 2.26. The highest BCUT2D eigenvalue weighted by atomic mass is 16.2. The van der Waals surface area contributed by atoms with E-state index in [4.69, 9.17) is 0 Å². The van der Waals surface area contributed by atoms with Crippen LogP contribution in [0.4, 0.5) is 0 Å². The minimum absolute atomic E-state index is 0.331. The molecule has 2 aliphatic rings. The molecule has 4 heteroatoms. The second-order valence-corrected chi connectivity index (χ2v) is 7.90. The number of nitrogens with one attached hydrogen (secondary N) is 1. The number of fused-ring (bicyclic) bond motifs is 1. The third-order valence-electron chi connectivity index (χ3n) is 6.14. The Morgan fingerprint density at radius 3 is 2.56 bits per heavy atom. The average Bonchev–Trinajstić information content (AvgIpc) is 3.07. The number of para-hydroxylation sites is 1. The molecule has 0 saturated carbocycles. The number of hydrogen-bond donors (Lipinski definition) is 1. The Bertz CT molecular complexity index is 722. The first-order chi connectivity index (χ1) is 12.2. The summed E-state index contributed by atoms with van der Waals surface area (Å²) in [6.07, 6.45) is 6.80. The Hall–Kier alpha value is -1.81. The minimum atomic E-state index is 0.331. The molecule has 0 atom stereocenters. The van der Waals surface area contributed by atoms with Crippen molar-refractivity contribution in [2.24, 2.45) is 5.92 Å². The molecule has 2 aliphatic heterocycles. The van der Waals surface area contributed by atoms with Gasteiger partial charge in [-0.3, -0.25) is 9.69 Å². The van der Waals surface area contributed by atoms with E-state index in [1.54, 1.807) is 0 Å². The van der Waals surface area contributed by atoms with Crippen molar-refractivity contribution in [3.63, 3.8) is 0 Å². The Balaban J connectivity index is 1.32. The summed E-state index contributed by atoms with van der Waals surface area (Å²) in [6, 6.07) is 8.56. The molecule has 134 valence electrons. The van der Waals surface area contributed by atoms with Gasteiger partial charge in [0, 0.05) is 30.2 Å². The molecule has 25 heavy (non-hydrogen) atoms. The van der Waals surface area contributed by atoms with Crippen LogP contribution in [-0.2, 0) is 4.79 Å². The Labute approximate surface area is 150 Å². The maximum atomic E-state index is 12.5. The zero-order valence-electron chi connectivity index (χ0n) is 15.2. The van der Waals surface area contributed by atoms with E-state index in [-0.39, 0.29) is 0 Å². The predicted molar refractivity (Wildman–Crippen MR) is 102 cm³/mol. The third kappa shape index (κ3) is 3.59. The van der Waals surface area contributed by atoms with E-state index in [9.17, 15) is 4.79 Å². The fourth-order valence-electron chi connectivity index (χ4n) is 4.38. The Morgan fingerprint density at radius 2 is 1.80 bits per heavy atom. The quantitative estimate of drug-likeness (QED) is 0.928. The molecule has 0 unspecified atom stereocenters. The van der Waals surface area contributed by atoms with Crippen molar-refractivity contribution < 1.29 is 4.79 Å². The molecule has 3 heterocycles. The van der Waals surface area contributed by atoms with Crippen molar-refractivity contribution in [2.45, 2.75) is 38.5 Å². The Kier molecular flexibility index (Phi) is 4.80. The molecule has 1 N–H and O–H groups in total. The van der Waals surface area contributed by atoms with E-state index in [0.29, 0.717) is 18.4 Å². The van der Waals surface area contributed by atoms with Crippen LogP contribution in [0.15, 0.2) is 30.5 Å². The van der Waals surface area contributed by atoms with Gasteiger partial charge in [-0.1, -0.05) is 25.1 Å². The van der Waals surface area contributed by atoms with Crippen LogP contribution in [-0.4, -0.2) is 53.4 Å². The number of aromatic nitrogens is 1. The van der Waals surface area contributed by atoms with Gasteiger partial charge in [-0.2, -0.15) is 0 Å². The van der Waals surface area contributed by atoms with Crippen LogP contribution in [0.5, 0.6) is 0 Å². The highest BCUT2D eigenvalue weighted by Crippen LogP contribution is 2.33. The number of H-pyrrole nitrogens is 1. The summed E-state index contributed by atoms with van der Waals surface area (Å²) >= 11 is 0. The summed E-state index contributed by atoms with van der Waals surface area (Å²) in [5.74, 6) is 1.71. The maximum Gasteiger partial charge on any atom is 0.236 e.